The quantitative estimate of drug-likeness (QED) is 0.623. The van der Waals surface area contributed by atoms with E-state index in [9.17, 15) is 9.18 Å². The van der Waals surface area contributed by atoms with Gasteiger partial charge in [0.15, 0.2) is 0 Å². The summed E-state index contributed by atoms with van der Waals surface area (Å²) < 4.78 is 13.1. The molecule has 0 unspecified atom stereocenters. The summed E-state index contributed by atoms with van der Waals surface area (Å²) in [5, 5.41) is 0. The number of amides is 1. The zero-order valence-corrected chi connectivity index (χ0v) is 15.7. The van der Waals surface area contributed by atoms with Crippen LogP contribution < -0.4 is 0 Å². The Labute approximate surface area is 164 Å². The molecule has 1 aliphatic heterocycles. The number of aromatic nitrogens is 1. The third-order valence-corrected chi connectivity index (χ3v) is 5.44. The smallest absolute Gasteiger partial charge is 0.255 e. The molecular weight excluding hydrogens is 351 g/mol. The Kier molecular flexibility index (Phi) is 5.47. The van der Waals surface area contributed by atoms with Gasteiger partial charge in [-0.3, -0.25) is 9.78 Å². The van der Waals surface area contributed by atoms with Gasteiger partial charge in [-0.1, -0.05) is 30.3 Å². The molecule has 1 aliphatic rings. The summed E-state index contributed by atoms with van der Waals surface area (Å²) in [6, 6.07) is 20.4. The standard InChI is InChI=1S/C24H23FN2O/c25-22-11-8-20(9-12-22)23-13-10-21(17-26-23)24(28)27-15-4-7-19(14-16-27)18-5-2-1-3-6-18/h1-3,5-6,8-13,17,19H,4,7,14-16H2/t19-/m0/s1. The third kappa shape index (κ3) is 4.11. The van der Waals surface area contributed by atoms with E-state index in [1.54, 1.807) is 18.3 Å². The number of benzene rings is 2. The van der Waals surface area contributed by atoms with Crippen molar-refractivity contribution >= 4 is 5.91 Å². The minimum atomic E-state index is -0.273. The lowest BCUT2D eigenvalue weighted by atomic mass is 9.92. The zero-order valence-electron chi connectivity index (χ0n) is 15.7. The second-order valence-corrected chi connectivity index (χ2v) is 7.27. The summed E-state index contributed by atoms with van der Waals surface area (Å²) in [5.41, 5.74) is 3.53. The molecule has 0 spiro atoms. The van der Waals surface area contributed by atoms with Crippen molar-refractivity contribution in [2.24, 2.45) is 0 Å². The van der Waals surface area contributed by atoms with Gasteiger partial charge >= 0.3 is 0 Å². The number of rotatable bonds is 3. The maximum atomic E-state index is 13.1. The van der Waals surface area contributed by atoms with Gasteiger partial charge in [0, 0.05) is 24.8 Å². The highest BCUT2D eigenvalue weighted by atomic mass is 19.1. The summed E-state index contributed by atoms with van der Waals surface area (Å²) in [5.74, 6) is 0.273. The van der Waals surface area contributed by atoms with E-state index in [1.807, 2.05) is 23.1 Å². The van der Waals surface area contributed by atoms with Crippen molar-refractivity contribution in [2.75, 3.05) is 13.1 Å². The molecule has 1 saturated heterocycles. The molecular formula is C24H23FN2O. The van der Waals surface area contributed by atoms with E-state index < -0.39 is 0 Å². The molecule has 4 heteroatoms. The van der Waals surface area contributed by atoms with Crippen LogP contribution in [0.5, 0.6) is 0 Å². The molecule has 28 heavy (non-hydrogen) atoms. The van der Waals surface area contributed by atoms with Crippen LogP contribution in [0.4, 0.5) is 4.39 Å². The van der Waals surface area contributed by atoms with Gasteiger partial charge in [-0.05, 0) is 67.1 Å². The fraction of sp³-hybridized carbons (Fsp3) is 0.250. The Morgan fingerprint density at radius 2 is 1.71 bits per heavy atom. The van der Waals surface area contributed by atoms with Crippen LogP contribution in [0.3, 0.4) is 0 Å². The number of likely N-dealkylation sites (tertiary alicyclic amines) is 1. The first-order valence-electron chi connectivity index (χ1n) is 9.77. The first-order chi connectivity index (χ1) is 13.7. The van der Waals surface area contributed by atoms with E-state index in [1.165, 1.54) is 17.7 Å². The Balaban J connectivity index is 1.43. The van der Waals surface area contributed by atoms with E-state index >= 15 is 0 Å². The number of halogens is 1. The molecule has 0 aliphatic carbocycles. The molecule has 2 aromatic carbocycles. The molecule has 3 nitrogen and oxygen atoms in total. The van der Waals surface area contributed by atoms with Crippen LogP contribution in [0.15, 0.2) is 72.9 Å². The van der Waals surface area contributed by atoms with Crippen molar-refractivity contribution in [3.05, 3.63) is 89.9 Å². The van der Waals surface area contributed by atoms with Gasteiger partial charge in [-0.25, -0.2) is 4.39 Å². The highest BCUT2D eigenvalue weighted by molar-refractivity contribution is 5.94. The van der Waals surface area contributed by atoms with E-state index in [0.717, 1.165) is 43.6 Å². The summed E-state index contributed by atoms with van der Waals surface area (Å²) in [7, 11) is 0. The minimum Gasteiger partial charge on any atom is -0.339 e. The SMILES string of the molecule is O=C(c1ccc(-c2ccc(F)cc2)nc1)N1CCC[C@H](c2ccccc2)CC1. The van der Waals surface area contributed by atoms with E-state index in [4.69, 9.17) is 0 Å². The van der Waals surface area contributed by atoms with Gasteiger partial charge in [0.2, 0.25) is 0 Å². The van der Waals surface area contributed by atoms with Gasteiger partial charge < -0.3 is 4.90 Å². The Bertz CT molecular complexity index is 923. The molecule has 3 aromatic rings. The molecule has 2 heterocycles. The molecule has 1 amide bonds. The van der Waals surface area contributed by atoms with Gasteiger partial charge in [0.25, 0.3) is 5.91 Å². The van der Waals surface area contributed by atoms with Crippen molar-refractivity contribution in [1.29, 1.82) is 0 Å². The monoisotopic (exact) mass is 374 g/mol. The van der Waals surface area contributed by atoms with Crippen LogP contribution in [-0.4, -0.2) is 28.9 Å². The Hall–Kier alpha value is -3.01. The lowest BCUT2D eigenvalue weighted by Gasteiger charge is -2.21. The van der Waals surface area contributed by atoms with Crippen LogP contribution in [-0.2, 0) is 0 Å². The maximum absolute atomic E-state index is 13.1. The van der Waals surface area contributed by atoms with Gasteiger partial charge in [-0.2, -0.15) is 0 Å². The predicted octanol–water partition coefficient (Wildman–Crippen LogP) is 5.30. The molecule has 0 radical (unpaired) electrons. The first-order valence-corrected chi connectivity index (χ1v) is 9.77. The normalized spacial score (nSPS) is 17.2. The van der Waals surface area contributed by atoms with Crippen molar-refractivity contribution in [2.45, 2.75) is 25.2 Å². The van der Waals surface area contributed by atoms with Crippen LogP contribution in [0.1, 0.15) is 41.1 Å². The maximum Gasteiger partial charge on any atom is 0.255 e. The molecule has 1 fully saturated rings. The fourth-order valence-electron chi connectivity index (χ4n) is 3.85. The average Bonchev–Trinajstić information content (AvgIpc) is 3.01. The summed E-state index contributed by atoms with van der Waals surface area (Å²) in [4.78, 5) is 19.3. The second-order valence-electron chi connectivity index (χ2n) is 7.27. The number of carbonyl (C=O) groups is 1. The van der Waals surface area contributed by atoms with Gasteiger partial charge in [-0.15, -0.1) is 0 Å². The largest absolute Gasteiger partial charge is 0.339 e. The number of nitrogens with zero attached hydrogens (tertiary/aromatic N) is 2. The third-order valence-electron chi connectivity index (χ3n) is 5.44. The van der Waals surface area contributed by atoms with Crippen molar-refractivity contribution < 1.29 is 9.18 Å². The van der Waals surface area contributed by atoms with Crippen LogP contribution in [0.2, 0.25) is 0 Å². The minimum absolute atomic E-state index is 0.0341. The lowest BCUT2D eigenvalue weighted by Crippen LogP contribution is -2.32. The highest BCUT2D eigenvalue weighted by Crippen LogP contribution is 2.28. The van der Waals surface area contributed by atoms with Crippen molar-refractivity contribution in [1.82, 2.24) is 9.88 Å². The summed E-state index contributed by atoms with van der Waals surface area (Å²) in [6.07, 6.45) is 4.72. The predicted molar refractivity (Wildman–Crippen MR) is 109 cm³/mol. The van der Waals surface area contributed by atoms with Gasteiger partial charge in [0.1, 0.15) is 5.82 Å². The van der Waals surface area contributed by atoms with Crippen molar-refractivity contribution in [3.63, 3.8) is 0 Å². The van der Waals surface area contributed by atoms with Crippen LogP contribution in [0.25, 0.3) is 11.3 Å². The number of hydrogen-bond acceptors (Lipinski definition) is 2. The Morgan fingerprint density at radius 1 is 0.929 bits per heavy atom. The second kappa shape index (κ2) is 8.34. The Morgan fingerprint density at radius 3 is 2.43 bits per heavy atom. The summed E-state index contributed by atoms with van der Waals surface area (Å²) in [6.45, 7) is 1.54. The fourth-order valence-corrected chi connectivity index (χ4v) is 3.85. The van der Waals surface area contributed by atoms with E-state index in [0.29, 0.717) is 11.5 Å². The van der Waals surface area contributed by atoms with Crippen LogP contribution in [0, 0.1) is 5.82 Å². The summed E-state index contributed by atoms with van der Waals surface area (Å²) >= 11 is 0. The topological polar surface area (TPSA) is 33.2 Å². The molecule has 142 valence electrons. The molecule has 1 aromatic heterocycles. The molecule has 0 saturated carbocycles. The molecule has 0 N–H and O–H groups in total. The zero-order chi connectivity index (χ0) is 19.3. The molecule has 1 atom stereocenters. The van der Waals surface area contributed by atoms with Crippen LogP contribution >= 0.6 is 0 Å². The molecule has 0 bridgehead atoms. The van der Waals surface area contributed by atoms with Crippen molar-refractivity contribution in [3.8, 4) is 11.3 Å². The van der Waals surface area contributed by atoms with Gasteiger partial charge in [0.05, 0.1) is 11.3 Å². The molecule has 4 rings (SSSR count). The highest BCUT2D eigenvalue weighted by Gasteiger charge is 2.22. The average molecular weight is 374 g/mol. The number of carbonyl (C=O) groups excluding carboxylic acids is 1. The first kappa shape index (κ1) is 18.4. The number of hydrogen-bond donors (Lipinski definition) is 0. The number of pyridine rings is 1. The lowest BCUT2D eigenvalue weighted by molar-refractivity contribution is 0.0760. The van der Waals surface area contributed by atoms with E-state index in [-0.39, 0.29) is 11.7 Å². The van der Waals surface area contributed by atoms with E-state index in [2.05, 4.69) is 29.2 Å².